The van der Waals surface area contributed by atoms with E-state index in [0.29, 0.717) is 18.1 Å². The number of hydrogen-bond donors (Lipinski definition) is 2. The van der Waals surface area contributed by atoms with Crippen molar-refractivity contribution in [1.82, 2.24) is 5.32 Å². The molecule has 3 heteroatoms. The summed E-state index contributed by atoms with van der Waals surface area (Å²) in [6, 6.07) is 0.599. The first-order chi connectivity index (χ1) is 7.25. The molecular weight excluding hydrogens is 190 g/mol. The van der Waals surface area contributed by atoms with Gasteiger partial charge in [0.1, 0.15) is 0 Å². The average molecular weight is 213 g/mol. The summed E-state index contributed by atoms with van der Waals surface area (Å²) in [7, 11) is 0. The first-order valence-corrected chi connectivity index (χ1v) is 6.28. The molecule has 1 aliphatic heterocycles. The second kappa shape index (κ2) is 5.28. The molecule has 0 spiro atoms. The van der Waals surface area contributed by atoms with Crippen molar-refractivity contribution in [1.29, 1.82) is 0 Å². The van der Waals surface area contributed by atoms with E-state index in [4.69, 9.17) is 4.74 Å². The van der Waals surface area contributed by atoms with E-state index >= 15 is 0 Å². The first kappa shape index (κ1) is 11.4. The van der Waals surface area contributed by atoms with E-state index in [1.54, 1.807) is 0 Å². The number of rotatable bonds is 3. The third-order valence-electron chi connectivity index (χ3n) is 3.77. The Morgan fingerprint density at radius 2 is 2.20 bits per heavy atom. The predicted molar refractivity (Wildman–Crippen MR) is 59.8 cm³/mol. The molecule has 0 radical (unpaired) electrons. The molecule has 0 aromatic heterocycles. The summed E-state index contributed by atoms with van der Waals surface area (Å²) < 4.78 is 5.51. The molecule has 1 heterocycles. The lowest BCUT2D eigenvalue weighted by Crippen LogP contribution is -2.41. The van der Waals surface area contributed by atoms with Crippen molar-refractivity contribution in [3.05, 3.63) is 0 Å². The molecular formula is C12H23NO2. The lowest BCUT2D eigenvalue weighted by Gasteiger charge is -2.29. The summed E-state index contributed by atoms with van der Waals surface area (Å²) >= 11 is 0. The molecule has 4 unspecified atom stereocenters. The average Bonchev–Trinajstić information content (AvgIpc) is 2.61. The van der Waals surface area contributed by atoms with Crippen LogP contribution in [0, 0.1) is 5.92 Å². The highest BCUT2D eigenvalue weighted by Gasteiger charge is 2.26. The lowest BCUT2D eigenvalue weighted by atomic mass is 10.0. The Morgan fingerprint density at radius 3 is 2.87 bits per heavy atom. The van der Waals surface area contributed by atoms with Crippen LogP contribution in [0.15, 0.2) is 0 Å². The van der Waals surface area contributed by atoms with E-state index in [2.05, 4.69) is 12.2 Å². The van der Waals surface area contributed by atoms with Gasteiger partial charge in [-0.05, 0) is 38.5 Å². The summed E-state index contributed by atoms with van der Waals surface area (Å²) in [5.41, 5.74) is 0. The van der Waals surface area contributed by atoms with Crippen LogP contribution >= 0.6 is 0 Å². The lowest BCUT2D eigenvalue weighted by molar-refractivity contribution is 0.0116. The van der Waals surface area contributed by atoms with Crippen LogP contribution < -0.4 is 5.32 Å². The molecule has 4 atom stereocenters. The van der Waals surface area contributed by atoms with E-state index in [0.717, 1.165) is 32.4 Å². The molecule has 3 nitrogen and oxygen atoms in total. The molecule has 1 saturated heterocycles. The van der Waals surface area contributed by atoms with Gasteiger partial charge in [0.25, 0.3) is 0 Å². The minimum atomic E-state index is -0.0604. The van der Waals surface area contributed by atoms with E-state index < -0.39 is 0 Å². The minimum absolute atomic E-state index is 0.0604. The summed E-state index contributed by atoms with van der Waals surface area (Å²) in [5.74, 6) is 0.489. The molecule has 1 aliphatic carbocycles. The third kappa shape index (κ3) is 3.16. The Balaban J connectivity index is 1.68. The molecule has 0 amide bonds. The Hall–Kier alpha value is -0.120. The second-order valence-corrected chi connectivity index (χ2v) is 5.07. The van der Waals surface area contributed by atoms with Crippen molar-refractivity contribution in [2.24, 2.45) is 5.92 Å². The molecule has 0 bridgehead atoms. The quantitative estimate of drug-likeness (QED) is 0.742. The zero-order valence-corrected chi connectivity index (χ0v) is 9.61. The molecule has 2 fully saturated rings. The maximum absolute atomic E-state index is 9.71. The van der Waals surface area contributed by atoms with Crippen molar-refractivity contribution < 1.29 is 9.84 Å². The smallest absolute Gasteiger partial charge is 0.0580 e. The molecule has 2 aliphatic rings. The van der Waals surface area contributed by atoms with Gasteiger partial charge < -0.3 is 15.2 Å². The van der Waals surface area contributed by atoms with Crippen LogP contribution in [0.25, 0.3) is 0 Å². The van der Waals surface area contributed by atoms with Gasteiger partial charge in [-0.2, -0.15) is 0 Å². The van der Waals surface area contributed by atoms with Gasteiger partial charge in [0.05, 0.1) is 12.2 Å². The van der Waals surface area contributed by atoms with Crippen LogP contribution in [-0.2, 0) is 4.74 Å². The Morgan fingerprint density at radius 1 is 1.33 bits per heavy atom. The van der Waals surface area contributed by atoms with Gasteiger partial charge in [-0.15, -0.1) is 0 Å². The zero-order valence-electron chi connectivity index (χ0n) is 9.61. The fourth-order valence-corrected chi connectivity index (χ4v) is 2.76. The maximum Gasteiger partial charge on any atom is 0.0580 e. The van der Waals surface area contributed by atoms with Crippen LogP contribution in [0.4, 0.5) is 0 Å². The van der Waals surface area contributed by atoms with Gasteiger partial charge in [0.2, 0.25) is 0 Å². The van der Waals surface area contributed by atoms with Crippen molar-refractivity contribution in [3.63, 3.8) is 0 Å². The molecule has 0 aromatic carbocycles. The van der Waals surface area contributed by atoms with Crippen LogP contribution in [0.1, 0.15) is 39.0 Å². The number of hydrogen-bond acceptors (Lipinski definition) is 3. The number of nitrogens with one attached hydrogen (secondary N) is 1. The van der Waals surface area contributed by atoms with E-state index in [-0.39, 0.29) is 6.10 Å². The number of aliphatic hydroxyl groups is 1. The fourth-order valence-electron chi connectivity index (χ4n) is 2.76. The van der Waals surface area contributed by atoms with E-state index in [1.807, 2.05) is 0 Å². The van der Waals surface area contributed by atoms with Crippen molar-refractivity contribution in [3.8, 4) is 0 Å². The summed E-state index contributed by atoms with van der Waals surface area (Å²) in [4.78, 5) is 0. The summed E-state index contributed by atoms with van der Waals surface area (Å²) in [6.07, 6.45) is 5.94. The Labute approximate surface area is 92.2 Å². The van der Waals surface area contributed by atoms with Gasteiger partial charge in [-0.25, -0.2) is 0 Å². The van der Waals surface area contributed by atoms with Gasteiger partial charge in [0, 0.05) is 19.2 Å². The van der Waals surface area contributed by atoms with Crippen LogP contribution in [0.3, 0.4) is 0 Å². The predicted octanol–water partition coefficient (Wildman–Crippen LogP) is 1.30. The SMILES string of the molecule is CC1CC(NCC2CCCC2O)CCO1. The van der Waals surface area contributed by atoms with Crippen LogP contribution in [-0.4, -0.2) is 36.5 Å². The van der Waals surface area contributed by atoms with Crippen molar-refractivity contribution >= 4 is 0 Å². The Bertz CT molecular complexity index is 198. The third-order valence-corrected chi connectivity index (χ3v) is 3.77. The highest BCUT2D eigenvalue weighted by atomic mass is 16.5. The molecule has 0 aromatic rings. The zero-order chi connectivity index (χ0) is 10.7. The molecule has 88 valence electrons. The van der Waals surface area contributed by atoms with E-state index in [1.165, 1.54) is 12.8 Å². The minimum Gasteiger partial charge on any atom is -0.393 e. The molecule has 1 saturated carbocycles. The fraction of sp³-hybridized carbons (Fsp3) is 1.00. The molecule has 2 N–H and O–H groups in total. The topological polar surface area (TPSA) is 41.5 Å². The summed E-state index contributed by atoms with van der Waals surface area (Å²) in [5, 5.41) is 13.3. The molecule has 15 heavy (non-hydrogen) atoms. The number of ether oxygens (including phenoxy) is 1. The highest BCUT2D eigenvalue weighted by Crippen LogP contribution is 2.25. The second-order valence-electron chi connectivity index (χ2n) is 5.07. The number of aliphatic hydroxyl groups excluding tert-OH is 1. The van der Waals surface area contributed by atoms with Crippen molar-refractivity contribution in [2.45, 2.75) is 57.3 Å². The van der Waals surface area contributed by atoms with Crippen LogP contribution in [0.5, 0.6) is 0 Å². The normalized spacial score (nSPS) is 42.0. The largest absolute Gasteiger partial charge is 0.393 e. The molecule has 2 rings (SSSR count). The van der Waals surface area contributed by atoms with Gasteiger partial charge in [0.15, 0.2) is 0 Å². The monoisotopic (exact) mass is 213 g/mol. The van der Waals surface area contributed by atoms with Gasteiger partial charge >= 0.3 is 0 Å². The van der Waals surface area contributed by atoms with Gasteiger partial charge in [-0.3, -0.25) is 0 Å². The standard InChI is InChI=1S/C12H23NO2/c1-9-7-11(5-6-15-9)13-8-10-3-2-4-12(10)14/h9-14H,2-8H2,1H3. The Kier molecular flexibility index (Phi) is 4.00. The maximum atomic E-state index is 9.71. The first-order valence-electron chi connectivity index (χ1n) is 6.28. The highest BCUT2D eigenvalue weighted by molar-refractivity contribution is 4.81. The van der Waals surface area contributed by atoms with Crippen LogP contribution in [0.2, 0.25) is 0 Å². The van der Waals surface area contributed by atoms with E-state index in [9.17, 15) is 5.11 Å². The van der Waals surface area contributed by atoms with Gasteiger partial charge in [-0.1, -0.05) is 6.42 Å². The summed E-state index contributed by atoms with van der Waals surface area (Å²) in [6.45, 7) is 4.00. The van der Waals surface area contributed by atoms with Crippen molar-refractivity contribution in [2.75, 3.05) is 13.2 Å².